The molecular weight excluding hydrogens is 162 g/mol. The minimum atomic E-state index is 0.876. The van der Waals surface area contributed by atoms with Crippen LogP contribution in [-0.2, 0) is 0 Å². The highest BCUT2D eigenvalue weighted by molar-refractivity contribution is 5.79. The first kappa shape index (κ1) is 9.71. The number of aromatic nitrogens is 2. The van der Waals surface area contributed by atoms with E-state index in [9.17, 15) is 0 Å². The Hall–Kier alpha value is -1.38. The molecular formula is C10H15N3. The first-order valence-electron chi connectivity index (χ1n) is 4.34. The predicted octanol–water partition coefficient (Wildman–Crippen LogP) is 2.47. The Balaban J connectivity index is 3.11. The quantitative estimate of drug-likeness (QED) is 0.638. The summed E-state index contributed by atoms with van der Waals surface area (Å²) in [6, 6.07) is 0. The number of allylic oxidation sites excluding steroid dienone is 1. The van der Waals surface area contributed by atoms with Gasteiger partial charge >= 0.3 is 0 Å². The van der Waals surface area contributed by atoms with E-state index in [-0.39, 0.29) is 0 Å². The number of nitrogens with zero attached hydrogens (tertiary/aromatic N) is 3. The Morgan fingerprint density at radius 2 is 2.23 bits per heavy atom. The summed E-state index contributed by atoms with van der Waals surface area (Å²) in [5.41, 5.74) is 2.00. The summed E-state index contributed by atoms with van der Waals surface area (Å²) in [6.45, 7) is 7.87. The summed E-state index contributed by atoms with van der Waals surface area (Å²) < 4.78 is 1.80. The molecule has 0 saturated heterocycles. The van der Waals surface area contributed by atoms with E-state index in [4.69, 9.17) is 0 Å². The van der Waals surface area contributed by atoms with Crippen molar-refractivity contribution in [1.29, 1.82) is 0 Å². The molecule has 0 aliphatic heterocycles. The van der Waals surface area contributed by atoms with Crippen LogP contribution in [0.1, 0.15) is 32.3 Å². The summed E-state index contributed by atoms with van der Waals surface area (Å²) in [6.07, 6.45) is 5.82. The van der Waals surface area contributed by atoms with Gasteiger partial charge in [-0.3, -0.25) is 0 Å². The highest BCUT2D eigenvalue weighted by Crippen LogP contribution is 2.04. The lowest BCUT2D eigenvalue weighted by Gasteiger charge is -1.96. The van der Waals surface area contributed by atoms with Gasteiger partial charge in [0.05, 0.1) is 11.9 Å². The van der Waals surface area contributed by atoms with E-state index >= 15 is 0 Å². The van der Waals surface area contributed by atoms with Gasteiger partial charge in [-0.2, -0.15) is 5.10 Å². The van der Waals surface area contributed by atoms with Gasteiger partial charge in [-0.1, -0.05) is 6.08 Å². The van der Waals surface area contributed by atoms with Crippen molar-refractivity contribution in [3.8, 4) is 0 Å². The second kappa shape index (κ2) is 4.03. The van der Waals surface area contributed by atoms with Gasteiger partial charge in [0.1, 0.15) is 0 Å². The molecule has 70 valence electrons. The third-order valence-electron chi connectivity index (χ3n) is 1.46. The van der Waals surface area contributed by atoms with Crippen LogP contribution in [0.25, 0.3) is 6.08 Å². The Labute approximate surface area is 78.8 Å². The molecule has 13 heavy (non-hydrogen) atoms. The van der Waals surface area contributed by atoms with Crippen molar-refractivity contribution in [1.82, 2.24) is 9.66 Å². The molecule has 1 aromatic rings. The van der Waals surface area contributed by atoms with Crippen molar-refractivity contribution in [3.05, 3.63) is 23.8 Å². The van der Waals surface area contributed by atoms with Crippen molar-refractivity contribution in [3.63, 3.8) is 0 Å². The molecule has 0 saturated carbocycles. The molecule has 0 atom stereocenters. The van der Waals surface area contributed by atoms with Crippen LogP contribution in [0.5, 0.6) is 0 Å². The molecule has 0 aliphatic carbocycles. The zero-order valence-corrected chi connectivity index (χ0v) is 8.57. The van der Waals surface area contributed by atoms with E-state index in [2.05, 4.69) is 10.1 Å². The zero-order valence-electron chi connectivity index (χ0n) is 8.57. The first-order valence-corrected chi connectivity index (χ1v) is 4.34. The number of hydrogen-bond donors (Lipinski definition) is 0. The van der Waals surface area contributed by atoms with Gasteiger partial charge in [0.2, 0.25) is 0 Å². The van der Waals surface area contributed by atoms with Crippen LogP contribution in [0, 0.1) is 6.92 Å². The normalized spacial score (nSPS) is 10.8. The van der Waals surface area contributed by atoms with Crippen LogP contribution in [-0.4, -0.2) is 15.4 Å². The van der Waals surface area contributed by atoms with Crippen molar-refractivity contribution >= 4 is 11.8 Å². The standard InChI is InChI=1S/C10H15N3/c1-5-6-10-11-9(4)7-13(10)12-8(2)3/h5-7H,1-4H3. The molecule has 1 heterocycles. The largest absolute Gasteiger partial charge is 0.232 e. The summed E-state index contributed by atoms with van der Waals surface area (Å²) in [4.78, 5) is 4.32. The average Bonchev–Trinajstić information content (AvgIpc) is 2.31. The van der Waals surface area contributed by atoms with Gasteiger partial charge in [0.25, 0.3) is 0 Å². The average molecular weight is 177 g/mol. The van der Waals surface area contributed by atoms with E-state index in [0.717, 1.165) is 17.2 Å². The molecule has 3 heteroatoms. The van der Waals surface area contributed by atoms with Gasteiger partial charge in [-0.15, -0.1) is 0 Å². The molecule has 0 bridgehead atoms. The topological polar surface area (TPSA) is 30.2 Å². The molecule has 3 nitrogen and oxygen atoms in total. The summed E-state index contributed by atoms with van der Waals surface area (Å²) in [5, 5.41) is 4.32. The third-order valence-corrected chi connectivity index (χ3v) is 1.46. The highest BCUT2D eigenvalue weighted by Gasteiger charge is 1.99. The third kappa shape index (κ3) is 2.54. The van der Waals surface area contributed by atoms with Crippen molar-refractivity contribution < 1.29 is 0 Å². The van der Waals surface area contributed by atoms with Crippen LogP contribution in [0.15, 0.2) is 17.4 Å². The molecule has 1 rings (SSSR count). The first-order chi connectivity index (χ1) is 6.13. The molecule has 0 N–H and O–H groups in total. The van der Waals surface area contributed by atoms with Gasteiger partial charge in [0.15, 0.2) is 5.82 Å². The van der Waals surface area contributed by atoms with Crippen LogP contribution < -0.4 is 0 Å². The highest BCUT2D eigenvalue weighted by atomic mass is 15.4. The molecule has 0 aromatic carbocycles. The number of rotatable bonds is 2. The molecule has 1 aromatic heterocycles. The smallest absolute Gasteiger partial charge is 0.153 e. The number of hydrogen-bond acceptors (Lipinski definition) is 2. The van der Waals surface area contributed by atoms with E-state index in [0.29, 0.717) is 0 Å². The van der Waals surface area contributed by atoms with E-state index in [1.807, 2.05) is 46.0 Å². The summed E-state index contributed by atoms with van der Waals surface area (Å²) in [5.74, 6) is 0.876. The monoisotopic (exact) mass is 177 g/mol. The fraction of sp³-hybridized carbons (Fsp3) is 0.400. The van der Waals surface area contributed by atoms with Crippen molar-refractivity contribution in [2.45, 2.75) is 27.7 Å². The minimum Gasteiger partial charge on any atom is -0.232 e. The minimum absolute atomic E-state index is 0.876. The SMILES string of the molecule is CC=Cc1nc(C)cn1N=C(C)C. The van der Waals surface area contributed by atoms with Gasteiger partial charge in [0, 0.05) is 5.71 Å². The maximum absolute atomic E-state index is 4.32. The number of aryl methyl sites for hydroxylation is 1. The van der Waals surface area contributed by atoms with Crippen LogP contribution in [0.2, 0.25) is 0 Å². The second-order valence-electron chi connectivity index (χ2n) is 3.13. The van der Waals surface area contributed by atoms with Crippen LogP contribution >= 0.6 is 0 Å². The maximum atomic E-state index is 4.32. The zero-order chi connectivity index (χ0) is 9.84. The summed E-state index contributed by atoms with van der Waals surface area (Å²) >= 11 is 0. The molecule has 0 amide bonds. The Morgan fingerprint density at radius 3 is 2.77 bits per heavy atom. The predicted molar refractivity (Wildman–Crippen MR) is 55.9 cm³/mol. The van der Waals surface area contributed by atoms with Crippen LogP contribution in [0.3, 0.4) is 0 Å². The van der Waals surface area contributed by atoms with Gasteiger partial charge in [-0.05, 0) is 33.8 Å². The molecule has 0 spiro atoms. The second-order valence-corrected chi connectivity index (χ2v) is 3.13. The van der Waals surface area contributed by atoms with Gasteiger partial charge < -0.3 is 0 Å². The Morgan fingerprint density at radius 1 is 1.54 bits per heavy atom. The van der Waals surface area contributed by atoms with Crippen LogP contribution in [0.4, 0.5) is 0 Å². The van der Waals surface area contributed by atoms with Crippen molar-refractivity contribution in [2.75, 3.05) is 0 Å². The van der Waals surface area contributed by atoms with Crippen molar-refractivity contribution in [2.24, 2.45) is 5.10 Å². The molecule has 0 unspecified atom stereocenters. The lowest BCUT2D eigenvalue weighted by Crippen LogP contribution is -1.94. The fourth-order valence-electron chi connectivity index (χ4n) is 1.06. The van der Waals surface area contributed by atoms with Gasteiger partial charge in [-0.25, -0.2) is 9.66 Å². The lowest BCUT2D eigenvalue weighted by atomic mass is 10.5. The fourth-order valence-corrected chi connectivity index (χ4v) is 1.06. The maximum Gasteiger partial charge on any atom is 0.153 e. The Kier molecular flexibility index (Phi) is 3.01. The Bertz CT molecular complexity index is 341. The lowest BCUT2D eigenvalue weighted by molar-refractivity contribution is 0.858. The summed E-state index contributed by atoms with van der Waals surface area (Å²) in [7, 11) is 0. The molecule has 0 aliphatic rings. The molecule has 0 radical (unpaired) electrons. The number of imidazole rings is 1. The van der Waals surface area contributed by atoms with E-state index in [1.165, 1.54) is 0 Å². The van der Waals surface area contributed by atoms with E-state index in [1.54, 1.807) is 4.68 Å². The van der Waals surface area contributed by atoms with E-state index < -0.39 is 0 Å². The molecule has 0 fully saturated rings.